The van der Waals surface area contributed by atoms with E-state index in [1.807, 2.05) is 28.1 Å². The van der Waals surface area contributed by atoms with Crippen molar-refractivity contribution < 1.29 is 14.4 Å². The number of nitrogens with zero attached hydrogens (tertiary/aromatic N) is 1. The molecule has 0 amide bonds. The molecule has 0 aliphatic heterocycles. The second kappa shape index (κ2) is 27.0. The summed E-state index contributed by atoms with van der Waals surface area (Å²) in [6.45, 7) is 6.52. The average molecular weight is 580 g/mol. The number of unbranched alkanes of at least 4 members (excludes halogenated alkanes) is 25. The number of aliphatic carboxylic acids is 1. The van der Waals surface area contributed by atoms with Crippen LogP contribution in [0.5, 0.6) is 0 Å². The molecule has 0 radical (unpaired) electrons. The molecule has 0 aromatic carbocycles. The second-order valence-corrected chi connectivity index (χ2v) is 14.6. The molecule has 0 spiro atoms. The van der Waals surface area contributed by atoms with E-state index in [-0.39, 0.29) is 5.92 Å². The Kier molecular flexibility index (Phi) is 26.6. The predicted octanol–water partition coefficient (Wildman–Crippen LogP) is 11.2. The molecule has 0 aromatic rings. The van der Waals surface area contributed by atoms with Gasteiger partial charge in [0, 0.05) is 5.92 Å². The lowest BCUT2D eigenvalue weighted by atomic mass is 9.76. The number of hydrogen-bond acceptors (Lipinski definition) is 2. The van der Waals surface area contributed by atoms with Gasteiger partial charge in [-0.25, -0.2) is 0 Å². The first-order valence-electron chi connectivity index (χ1n) is 18.7. The highest BCUT2D eigenvalue weighted by Crippen LogP contribution is 2.35. The lowest BCUT2D eigenvalue weighted by Gasteiger charge is -2.49. The Labute approximate surface area is 259 Å². The summed E-state index contributed by atoms with van der Waals surface area (Å²) in [4.78, 5) is 12.4. The molecule has 3 heteroatoms. The lowest BCUT2D eigenvalue weighted by Crippen LogP contribution is -2.68. The molecule has 0 saturated carbocycles. The molecule has 0 aliphatic carbocycles. The van der Waals surface area contributed by atoms with Gasteiger partial charge in [0.25, 0.3) is 0 Å². The van der Waals surface area contributed by atoms with Gasteiger partial charge in [-0.3, -0.25) is 0 Å². The summed E-state index contributed by atoms with van der Waals surface area (Å²) in [5.41, 5.74) is -0.825. The summed E-state index contributed by atoms with van der Waals surface area (Å²) in [6.07, 6.45) is 38.8. The van der Waals surface area contributed by atoms with Crippen molar-refractivity contribution in [2.75, 3.05) is 21.1 Å². The summed E-state index contributed by atoms with van der Waals surface area (Å²) < 4.78 is 0.441. The van der Waals surface area contributed by atoms with Gasteiger partial charge in [-0.05, 0) is 19.8 Å². The van der Waals surface area contributed by atoms with Gasteiger partial charge in [-0.15, -0.1) is 0 Å². The molecule has 246 valence electrons. The van der Waals surface area contributed by atoms with Crippen LogP contribution in [0.4, 0.5) is 0 Å². The number of rotatable bonds is 32. The number of hydrogen-bond donors (Lipinski definition) is 0. The van der Waals surface area contributed by atoms with E-state index in [1.54, 1.807) is 0 Å². The van der Waals surface area contributed by atoms with Crippen LogP contribution in [0.3, 0.4) is 0 Å². The molecular weight excluding hydrogens is 502 g/mol. The Morgan fingerprint density at radius 2 is 0.707 bits per heavy atom. The lowest BCUT2D eigenvalue weighted by molar-refractivity contribution is -0.918. The fraction of sp³-hybridized carbons (Fsp3) is 0.974. The van der Waals surface area contributed by atoms with Crippen LogP contribution in [0.2, 0.25) is 0 Å². The van der Waals surface area contributed by atoms with Crippen LogP contribution in [0.25, 0.3) is 0 Å². The zero-order valence-electron chi connectivity index (χ0n) is 29.3. The topological polar surface area (TPSA) is 40.1 Å². The minimum absolute atomic E-state index is 0.193. The van der Waals surface area contributed by atoms with Gasteiger partial charge in [0.2, 0.25) is 0 Å². The van der Waals surface area contributed by atoms with E-state index in [2.05, 4.69) is 13.8 Å². The maximum Gasteiger partial charge on any atom is 0.139 e. The number of carbonyl (C=O) groups excluding carboxylic acids is 1. The quantitative estimate of drug-likeness (QED) is 0.0587. The molecule has 0 aliphatic rings. The van der Waals surface area contributed by atoms with Crippen molar-refractivity contribution in [3.63, 3.8) is 0 Å². The normalized spacial score (nSPS) is 14.3. The third-order valence-electron chi connectivity index (χ3n) is 10.2. The standard InChI is InChI=1S/C38H77NO2/c1-7-9-11-13-15-17-18-19-20-21-22-23-24-25-27-29-31-33-35-36(38(3,37(40)41)39(4,5)6)34-32-30-28-26-16-14-12-10-8-2/h36H,7-35H2,1-6H3. The zero-order valence-corrected chi connectivity index (χ0v) is 29.3. The minimum Gasteiger partial charge on any atom is -0.544 e. The Hall–Kier alpha value is -0.570. The molecular formula is C38H77NO2. The molecule has 2 atom stereocenters. The SMILES string of the molecule is CCCCCCCCCCCCCCCCCCCCC(CCCCCCCCCCC)C(C)(C(=O)[O-])[N+](C)(C)C. The fourth-order valence-electron chi connectivity index (χ4n) is 6.69. The van der Waals surface area contributed by atoms with E-state index in [0.29, 0.717) is 4.48 Å². The molecule has 0 heterocycles. The maximum absolute atomic E-state index is 12.4. The van der Waals surface area contributed by atoms with Gasteiger partial charge < -0.3 is 14.4 Å². The number of quaternary nitrogens is 1. The van der Waals surface area contributed by atoms with E-state index >= 15 is 0 Å². The summed E-state index contributed by atoms with van der Waals surface area (Å²) >= 11 is 0. The molecule has 0 fully saturated rings. The fourth-order valence-corrected chi connectivity index (χ4v) is 6.69. The van der Waals surface area contributed by atoms with Crippen molar-refractivity contribution in [1.29, 1.82) is 0 Å². The van der Waals surface area contributed by atoms with Crippen molar-refractivity contribution in [3.8, 4) is 0 Å². The van der Waals surface area contributed by atoms with Gasteiger partial charge in [0.15, 0.2) is 0 Å². The van der Waals surface area contributed by atoms with Crippen LogP contribution in [0.15, 0.2) is 0 Å². The van der Waals surface area contributed by atoms with Crippen molar-refractivity contribution in [1.82, 2.24) is 0 Å². The van der Waals surface area contributed by atoms with Crippen molar-refractivity contribution in [3.05, 3.63) is 0 Å². The van der Waals surface area contributed by atoms with Gasteiger partial charge in [-0.2, -0.15) is 0 Å². The van der Waals surface area contributed by atoms with Gasteiger partial charge in [0.05, 0.1) is 21.1 Å². The summed E-state index contributed by atoms with van der Waals surface area (Å²) in [6, 6.07) is 0. The molecule has 0 rings (SSSR count). The summed E-state index contributed by atoms with van der Waals surface area (Å²) in [5, 5.41) is 12.4. The molecule has 0 aromatic heterocycles. The van der Waals surface area contributed by atoms with Crippen LogP contribution < -0.4 is 5.11 Å². The largest absolute Gasteiger partial charge is 0.544 e. The third kappa shape index (κ3) is 20.9. The summed E-state index contributed by atoms with van der Waals surface area (Å²) in [7, 11) is 6.11. The predicted molar refractivity (Wildman–Crippen MR) is 180 cm³/mol. The first kappa shape index (κ1) is 40.4. The average Bonchev–Trinajstić information content (AvgIpc) is 2.93. The number of likely N-dealkylation sites (N-methyl/N-ethyl adjacent to an activating group) is 1. The number of carboxylic acids is 1. The third-order valence-corrected chi connectivity index (χ3v) is 10.2. The van der Waals surface area contributed by atoms with Gasteiger partial charge in [0.1, 0.15) is 11.5 Å². The van der Waals surface area contributed by atoms with Crippen molar-refractivity contribution in [2.24, 2.45) is 5.92 Å². The highest BCUT2D eigenvalue weighted by Gasteiger charge is 2.46. The van der Waals surface area contributed by atoms with Crippen molar-refractivity contribution >= 4 is 5.97 Å². The molecule has 3 nitrogen and oxygen atoms in total. The Bertz CT molecular complexity index is 569. The first-order chi connectivity index (χ1) is 19.7. The first-order valence-corrected chi connectivity index (χ1v) is 18.7. The van der Waals surface area contributed by atoms with E-state index in [1.165, 1.54) is 161 Å². The molecule has 2 unspecified atom stereocenters. The molecule has 0 N–H and O–H groups in total. The minimum atomic E-state index is -0.867. The van der Waals surface area contributed by atoms with E-state index in [0.717, 1.165) is 25.7 Å². The Morgan fingerprint density at radius 3 is 0.902 bits per heavy atom. The van der Waals surface area contributed by atoms with Gasteiger partial charge >= 0.3 is 0 Å². The second-order valence-electron chi connectivity index (χ2n) is 14.6. The zero-order chi connectivity index (χ0) is 30.7. The highest BCUT2D eigenvalue weighted by molar-refractivity contribution is 5.75. The monoisotopic (exact) mass is 580 g/mol. The van der Waals surface area contributed by atoms with E-state index in [4.69, 9.17) is 0 Å². The van der Waals surface area contributed by atoms with Crippen LogP contribution in [0, 0.1) is 5.92 Å². The number of carboxylic acid groups (broad SMARTS) is 1. The maximum atomic E-state index is 12.4. The van der Waals surface area contributed by atoms with Crippen LogP contribution in [-0.4, -0.2) is 37.1 Å². The molecule has 0 bridgehead atoms. The molecule has 41 heavy (non-hydrogen) atoms. The summed E-state index contributed by atoms with van der Waals surface area (Å²) in [5.74, 6) is -0.675. The highest BCUT2D eigenvalue weighted by atomic mass is 16.4. The van der Waals surface area contributed by atoms with Crippen molar-refractivity contribution in [2.45, 2.75) is 213 Å². The van der Waals surface area contributed by atoms with E-state index in [9.17, 15) is 9.90 Å². The van der Waals surface area contributed by atoms with Crippen LogP contribution >= 0.6 is 0 Å². The molecule has 0 saturated heterocycles. The Morgan fingerprint density at radius 1 is 0.488 bits per heavy atom. The van der Waals surface area contributed by atoms with Gasteiger partial charge in [-0.1, -0.05) is 187 Å². The Balaban J connectivity index is 4.07. The van der Waals surface area contributed by atoms with Crippen LogP contribution in [0.1, 0.15) is 207 Å². The smallest absolute Gasteiger partial charge is 0.139 e. The van der Waals surface area contributed by atoms with E-state index < -0.39 is 11.5 Å². The van der Waals surface area contributed by atoms with Crippen LogP contribution in [-0.2, 0) is 4.79 Å². The number of carbonyl (C=O) groups is 1.